The van der Waals surface area contributed by atoms with Crippen LogP contribution in [0.1, 0.15) is 98.8 Å². The highest BCUT2D eigenvalue weighted by Crippen LogP contribution is 2.72. The van der Waals surface area contributed by atoms with Gasteiger partial charge in [-0.1, -0.05) is 60.0 Å². The van der Waals surface area contributed by atoms with Crippen molar-refractivity contribution in [3.8, 4) is 0 Å². The van der Waals surface area contributed by atoms with Crippen LogP contribution in [0.25, 0.3) is 0 Å². The Morgan fingerprint density at radius 3 is 2.50 bits per heavy atom. The standard InChI is InChI=1S/C27H42O3/c1-18(2)7-6-8-19(3)21-9-10-22-24(21,4)13-12-23-25(5)14-11-20(28)17-26(25)15-16-27(22,23)30-29-26/h15-16,18-19,21-23H,6-14,17H2,1-5H3/t19?,21?,22?,23?,24-,25-,26?,27?/m1/s1. The van der Waals surface area contributed by atoms with Crippen LogP contribution in [0, 0.1) is 40.4 Å². The molecule has 8 atom stereocenters. The molecule has 0 aromatic carbocycles. The summed E-state index contributed by atoms with van der Waals surface area (Å²) >= 11 is 0. The minimum atomic E-state index is -0.523. The Balaban J connectivity index is 1.43. The molecule has 0 aromatic rings. The molecule has 6 aliphatic rings. The number of rotatable bonds is 5. The number of hydrogen-bond acceptors (Lipinski definition) is 3. The highest BCUT2D eigenvalue weighted by Gasteiger charge is 2.74. The van der Waals surface area contributed by atoms with Gasteiger partial charge in [0, 0.05) is 30.1 Å². The summed E-state index contributed by atoms with van der Waals surface area (Å²) in [5.41, 5.74) is -0.448. The molecule has 2 aliphatic heterocycles. The first-order valence-electron chi connectivity index (χ1n) is 12.8. The molecule has 0 radical (unpaired) electrons. The van der Waals surface area contributed by atoms with E-state index in [4.69, 9.17) is 9.78 Å². The average Bonchev–Trinajstić information content (AvgIpc) is 3.05. The van der Waals surface area contributed by atoms with Crippen molar-refractivity contribution in [1.82, 2.24) is 0 Å². The zero-order valence-corrected chi connectivity index (χ0v) is 19.8. The number of hydrogen-bond donors (Lipinski definition) is 0. The minimum Gasteiger partial charge on any atom is -0.300 e. The number of carbonyl (C=O) groups is 1. The average molecular weight is 415 g/mol. The third-order valence-corrected chi connectivity index (χ3v) is 10.7. The molecule has 4 fully saturated rings. The topological polar surface area (TPSA) is 35.5 Å². The van der Waals surface area contributed by atoms with Gasteiger partial charge in [-0.3, -0.25) is 4.79 Å². The Morgan fingerprint density at radius 1 is 1.00 bits per heavy atom. The fourth-order valence-electron chi connectivity index (χ4n) is 8.94. The van der Waals surface area contributed by atoms with Crippen LogP contribution < -0.4 is 0 Å². The predicted molar refractivity (Wildman–Crippen MR) is 119 cm³/mol. The monoisotopic (exact) mass is 414 g/mol. The molecule has 6 rings (SSSR count). The van der Waals surface area contributed by atoms with Gasteiger partial charge in [-0.15, -0.1) is 0 Å². The summed E-state index contributed by atoms with van der Waals surface area (Å²) < 4.78 is 0. The second kappa shape index (κ2) is 6.91. The number of Topliss-reactive ketones (excluding diaryl/α,β-unsaturated/α-hetero) is 1. The zero-order valence-electron chi connectivity index (χ0n) is 19.8. The van der Waals surface area contributed by atoms with E-state index in [0.717, 1.165) is 24.2 Å². The van der Waals surface area contributed by atoms with Gasteiger partial charge in [0.25, 0.3) is 0 Å². The maximum atomic E-state index is 12.3. The molecule has 1 saturated heterocycles. The van der Waals surface area contributed by atoms with Crippen molar-refractivity contribution in [3.05, 3.63) is 12.2 Å². The first kappa shape index (κ1) is 21.2. The van der Waals surface area contributed by atoms with Crippen LogP contribution in [-0.4, -0.2) is 17.0 Å². The highest BCUT2D eigenvalue weighted by molar-refractivity contribution is 5.81. The van der Waals surface area contributed by atoms with Crippen molar-refractivity contribution in [2.75, 3.05) is 0 Å². The molecule has 6 unspecified atom stereocenters. The number of ketones is 1. The summed E-state index contributed by atoms with van der Waals surface area (Å²) in [6.07, 6.45) is 15.9. The normalized spacial score (nSPS) is 50.3. The fourth-order valence-corrected chi connectivity index (χ4v) is 8.94. The maximum Gasteiger partial charge on any atom is 0.136 e. The molecule has 0 aromatic heterocycles. The summed E-state index contributed by atoms with van der Waals surface area (Å²) in [6, 6.07) is 0. The van der Waals surface area contributed by atoms with Crippen molar-refractivity contribution >= 4 is 5.78 Å². The molecule has 3 heteroatoms. The zero-order chi connectivity index (χ0) is 21.4. The third-order valence-electron chi connectivity index (χ3n) is 10.7. The van der Waals surface area contributed by atoms with Crippen LogP contribution >= 0.6 is 0 Å². The lowest BCUT2D eigenvalue weighted by molar-refractivity contribution is -0.492. The Kier molecular flexibility index (Phi) is 4.88. The maximum absolute atomic E-state index is 12.3. The van der Waals surface area contributed by atoms with E-state index in [9.17, 15) is 4.79 Å². The Morgan fingerprint density at radius 2 is 1.80 bits per heavy atom. The van der Waals surface area contributed by atoms with Crippen molar-refractivity contribution < 1.29 is 14.6 Å². The summed E-state index contributed by atoms with van der Waals surface area (Å²) in [4.78, 5) is 25.0. The second-order valence-electron chi connectivity index (χ2n) is 12.5. The van der Waals surface area contributed by atoms with Crippen molar-refractivity contribution in [3.63, 3.8) is 0 Å². The molecule has 2 spiro atoms. The quantitative estimate of drug-likeness (QED) is 0.373. The van der Waals surface area contributed by atoms with Crippen LogP contribution in [0.3, 0.4) is 0 Å². The van der Waals surface area contributed by atoms with Crippen LogP contribution in [0.15, 0.2) is 12.2 Å². The molecule has 0 amide bonds. The molecule has 168 valence electrons. The van der Waals surface area contributed by atoms with Gasteiger partial charge < -0.3 is 0 Å². The van der Waals surface area contributed by atoms with Crippen LogP contribution in [0.5, 0.6) is 0 Å². The van der Waals surface area contributed by atoms with Gasteiger partial charge in [-0.2, -0.15) is 0 Å². The largest absolute Gasteiger partial charge is 0.300 e. The first-order valence-corrected chi connectivity index (χ1v) is 12.8. The Labute approximate surface area is 183 Å². The van der Waals surface area contributed by atoms with Gasteiger partial charge in [-0.05, 0) is 61.3 Å². The lowest BCUT2D eigenvalue weighted by atomic mass is 9.43. The lowest BCUT2D eigenvalue weighted by Crippen LogP contribution is -2.73. The SMILES string of the molecule is CC(C)CCCC(C)C1CCC2C34C=CC5(CC(=O)CC[C@]5(C)C3CC[C@]12C)OO4. The molecule has 0 N–H and O–H groups in total. The smallest absolute Gasteiger partial charge is 0.136 e. The van der Waals surface area contributed by atoms with E-state index in [-0.39, 0.29) is 11.0 Å². The van der Waals surface area contributed by atoms with Gasteiger partial charge in [0.1, 0.15) is 17.0 Å². The van der Waals surface area contributed by atoms with Crippen LogP contribution in [0.4, 0.5) is 0 Å². The number of carbonyl (C=O) groups excluding carboxylic acids is 1. The van der Waals surface area contributed by atoms with Crippen LogP contribution in [-0.2, 0) is 14.6 Å². The second-order valence-corrected chi connectivity index (χ2v) is 12.5. The molecule has 2 bridgehead atoms. The van der Waals surface area contributed by atoms with E-state index in [1.165, 1.54) is 44.9 Å². The molecule has 2 heterocycles. The molecular formula is C27H42O3. The molecule has 4 aliphatic carbocycles. The molecule has 30 heavy (non-hydrogen) atoms. The molecule has 3 nitrogen and oxygen atoms in total. The predicted octanol–water partition coefficient (Wildman–Crippen LogP) is 6.66. The van der Waals surface area contributed by atoms with E-state index in [2.05, 4.69) is 46.8 Å². The molecule has 3 saturated carbocycles. The van der Waals surface area contributed by atoms with Gasteiger partial charge in [-0.25, -0.2) is 9.78 Å². The van der Waals surface area contributed by atoms with E-state index < -0.39 is 5.60 Å². The fraction of sp³-hybridized carbons (Fsp3) is 0.889. The van der Waals surface area contributed by atoms with Crippen molar-refractivity contribution in [1.29, 1.82) is 0 Å². The highest BCUT2D eigenvalue weighted by atomic mass is 17.2. The van der Waals surface area contributed by atoms with Gasteiger partial charge in [0.15, 0.2) is 0 Å². The molecular weight excluding hydrogens is 372 g/mol. The van der Waals surface area contributed by atoms with Crippen molar-refractivity contribution in [2.24, 2.45) is 40.4 Å². The van der Waals surface area contributed by atoms with Gasteiger partial charge >= 0.3 is 0 Å². The summed E-state index contributed by atoms with van der Waals surface area (Å²) in [7, 11) is 0. The Hall–Kier alpha value is -0.670. The summed E-state index contributed by atoms with van der Waals surface area (Å²) in [5.74, 6) is 3.71. The third kappa shape index (κ3) is 2.66. The Bertz CT molecular complexity index is 742. The van der Waals surface area contributed by atoms with E-state index in [0.29, 0.717) is 35.9 Å². The van der Waals surface area contributed by atoms with E-state index >= 15 is 0 Å². The van der Waals surface area contributed by atoms with E-state index in [1.54, 1.807) is 0 Å². The summed E-state index contributed by atoms with van der Waals surface area (Å²) in [5, 5.41) is 0. The lowest BCUT2D eigenvalue weighted by Gasteiger charge is -2.69. The van der Waals surface area contributed by atoms with Crippen molar-refractivity contribution in [2.45, 2.75) is 110 Å². The number of fused-ring (bicyclic) bond motifs is 2. The van der Waals surface area contributed by atoms with Crippen LogP contribution in [0.2, 0.25) is 0 Å². The van der Waals surface area contributed by atoms with Gasteiger partial charge in [0.05, 0.1) is 0 Å². The van der Waals surface area contributed by atoms with E-state index in [1.807, 2.05) is 0 Å². The minimum absolute atomic E-state index is 0.0240. The first-order chi connectivity index (χ1) is 14.2. The van der Waals surface area contributed by atoms with Gasteiger partial charge in [0.2, 0.25) is 0 Å². The summed E-state index contributed by atoms with van der Waals surface area (Å²) in [6.45, 7) is 12.2.